The summed E-state index contributed by atoms with van der Waals surface area (Å²) < 4.78 is 4.79. The monoisotopic (exact) mass is 385 g/mol. The number of anilines is 3. The molecule has 148 valence electrons. The van der Waals surface area contributed by atoms with Gasteiger partial charge in [-0.1, -0.05) is 6.07 Å². The predicted molar refractivity (Wildman–Crippen MR) is 105 cm³/mol. The molecule has 28 heavy (non-hydrogen) atoms. The molecule has 1 N–H and O–H groups in total. The van der Waals surface area contributed by atoms with Gasteiger partial charge in [0.05, 0.1) is 18.0 Å². The first kappa shape index (κ1) is 19.5. The molecule has 1 fully saturated rings. The van der Waals surface area contributed by atoms with E-state index in [-0.39, 0.29) is 29.2 Å². The number of aryl methyl sites for hydroxylation is 2. The number of benzene rings is 1. The van der Waals surface area contributed by atoms with Gasteiger partial charge < -0.3 is 15.0 Å². The van der Waals surface area contributed by atoms with Crippen LogP contribution in [0.1, 0.15) is 24.0 Å². The molecule has 1 aliphatic rings. The smallest absolute Gasteiger partial charge is 0.353 e. The zero-order chi connectivity index (χ0) is 20.3. The fraction of sp³-hybridized carbons (Fsp3) is 0.421. The second-order valence-corrected chi connectivity index (χ2v) is 6.86. The summed E-state index contributed by atoms with van der Waals surface area (Å²) in [5.74, 6) is -0.0211. The van der Waals surface area contributed by atoms with Crippen molar-refractivity contribution in [1.29, 1.82) is 0 Å². The maximum Gasteiger partial charge on any atom is 0.353 e. The number of hydrogen-bond acceptors (Lipinski definition) is 8. The molecular weight excluding hydrogens is 362 g/mol. The van der Waals surface area contributed by atoms with Crippen molar-refractivity contribution in [3.63, 3.8) is 0 Å². The van der Waals surface area contributed by atoms with Crippen molar-refractivity contribution in [2.45, 2.75) is 26.7 Å². The fourth-order valence-electron chi connectivity index (χ4n) is 3.31. The minimum atomic E-state index is -0.467. The third-order valence-electron chi connectivity index (χ3n) is 5.08. The lowest BCUT2D eigenvalue weighted by atomic mass is 9.97. The number of piperidine rings is 1. The van der Waals surface area contributed by atoms with Crippen molar-refractivity contribution >= 4 is 29.0 Å². The molecule has 0 saturated carbocycles. The molecule has 0 radical (unpaired) electrons. The Balaban J connectivity index is 1.87. The SMILES string of the molecule is COC(=O)C1CCN(c2ncnc(Nc3ccc(C)c(C)c3)c2[N+](=O)[O-])CC1. The van der Waals surface area contributed by atoms with Crippen molar-refractivity contribution in [2.24, 2.45) is 5.92 Å². The number of hydrogen-bond donors (Lipinski definition) is 1. The van der Waals surface area contributed by atoms with E-state index < -0.39 is 4.92 Å². The molecule has 3 rings (SSSR count). The number of ether oxygens (including phenoxy) is 1. The molecule has 1 aliphatic heterocycles. The summed E-state index contributed by atoms with van der Waals surface area (Å²) in [6, 6.07) is 5.72. The number of carbonyl (C=O) groups excluding carboxylic acids is 1. The van der Waals surface area contributed by atoms with Gasteiger partial charge in [0.25, 0.3) is 0 Å². The van der Waals surface area contributed by atoms with Gasteiger partial charge in [-0.15, -0.1) is 0 Å². The van der Waals surface area contributed by atoms with Crippen LogP contribution in [-0.4, -0.2) is 41.1 Å². The Kier molecular flexibility index (Phi) is 5.72. The molecule has 9 heteroatoms. The van der Waals surface area contributed by atoms with E-state index in [1.54, 1.807) is 0 Å². The number of esters is 1. The van der Waals surface area contributed by atoms with E-state index in [9.17, 15) is 14.9 Å². The minimum absolute atomic E-state index is 0.147. The highest BCUT2D eigenvalue weighted by Crippen LogP contribution is 2.35. The molecule has 2 heterocycles. The number of rotatable bonds is 5. The third kappa shape index (κ3) is 4.03. The molecule has 0 spiro atoms. The first-order chi connectivity index (χ1) is 13.4. The van der Waals surface area contributed by atoms with Gasteiger partial charge in [-0.3, -0.25) is 14.9 Å². The standard InChI is InChI=1S/C19H23N5O4/c1-12-4-5-15(10-13(12)2)22-17-16(24(26)27)18(21-11-20-17)23-8-6-14(7-9-23)19(25)28-3/h4-5,10-11,14H,6-9H2,1-3H3,(H,20,21,22). The Labute approximate surface area is 162 Å². The molecule has 1 aromatic heterocycles. The Bertz CT molecular complexity index is 894. The largest absolute Gasteiger partial charge is 0.469 e. The van der Waals surface area contributed by atoms with E-state index in [0.29, 0.717) is 25.9 Å². The predicted octanol–water partition coefficient (Wildman–Crippen LogP) is 3.13. The minimum Gasteiger partial charge on any atom is -0.469 e. The first-order valence-corrected chi connectivity index (χ1v) is 9.07. The summed E-state index contributed by atoms with van der Waals surface area (Å²) in [7, 11) is 1.37. The van der Waals surface area contributed by atoms with Gasteiger partial charge in [0.1, 0.15) is 6.33 Å². The summed E-state index contributed by atoms with van der Waals surface area (Å²) in [6.07, 6.45) is 2.44. The molecule has 2 aromatic rings. The van der Waals surface area contributed by atoms with Gasteiger partial charge >= 0.3 is 11.7 Å². The molecule has 0 amide bonds. The highest BCUT2D eigenvalue weighted by molar-refractivity contribution is 5.76. The highest BCUT2D eigenvalue weighted by atomic mass is 16.6. The average Bonchev–Trinajstić information content (AvgIpc) is 2.70. The molecule has 0 atom stereocenters. The van der Waals surface area contributed by atoms with Crippen molar-refractivity contribution in [3.05, 3.63) is 45.8 Å². The highest BCUT2D eigenvalue weighted by Gasteiger charge is 2.32. The average molecular weight is 385 g/mol. The van der Waals surface area contributed by atoms with Crippen LogP contribution in [0.3, 0.4) is 0 Å². The lowest BCUT2D eigenvalue weighted by Gasteiger charge is -2.31. The van der Waals surface area contributed by atoms with Gasteiger partial charge in [0.2, 0.25) is 11.6 Å². The Morgan fingerprint density at radius 1 is 1.25 bits per heavy atom. The van der Waals surface area contributed by atoms with Crippen LogP contribution in [-0.2, 0) is 9.53 Å². The number of methoxy groups -OCH3 is 1. The topological polar surface area (TPSA) is 110 Å². The van der Waals surface area contributed by atoms with Crippen LogP contribution in [0.25, 0.3) is 0 Å². The van der Waals surface area contributed by atoms with Crippen LogP contribution < -0.4 is 10.2 Å². The third-order valence-corrected chi connectivity index (χ3v) is 5.08. The second kappa shape index (κ2) is 8.20. The number of nitro groups is 1. The van der Waals surface area contributed by atoms with E-state index in [2.05, 4.69) is 15.3 Å². The van der Waals surface area contributed by atoms with Crippen LogP contribution in [0.2, 0.25) is 0 Å². The quantitative estimate of drug-likeness (QED) is 0.475. The maximum absolute atomic E-state index is 11.8. The first-order valence-electron chi connectivity index (χ1n) is 9.07. The Morgan fingerprint density at radius 3 is 2.57 bits per heavy atom. The zero-order valence-electron chi connectivity index (χ0n) is 16.1. The second-order valence-electron chi connectivity index (χ2n) is 6.86. The van der Waals surface area contributed by atoms with E-state index in [0.717, 1.165) is 16.8 Å². The van der Waals surface area contributed by atoms with E-state index in [4.69, 9.17) is 4.74 Å². The number of nitrogens with one attached hydrogen (secondary N) is 1. The van der Waals surface area contributed by atoms with Gasteiger partial charge in [0.15, 0.2) is 0 Å². The summed E-state index contributed by atoms with van der Waals surface area (Å²) in [5, 5.41) is 14.8. The maximum atomic E-state index is 11.8. The van der Waals surface area contributed by atoms with Gasteiger partial charge in [-0.25, -0.2) is 9.97 Å². The lowest BCUT2D eigenvalue weighted by molar-refractivity contribution is -0.383. The van der Waals surface area contributed by atoms with E-state index in [1.165, 1.54) is 13.4 Å². The molecule has 1 aromatic carbocycles. The molecule has 0 unspecified atom stereocenters. The molecular formula is C19H23N5O4. The van der Waals surface area contributed by atoms with E-state index >= 15 is 0 Å². The Hall–Kier alpha value is -3.23. The number of carbonyl (C=O) groups is 1. The molecule has 1 saturated heterocycles. The zero-order valence-corrected chi connectivity index (χ0v) is 16.1. The van der Waals surface area contributed by atoms with Crippen LogP contribution in [0.4, 0.5) is 23.0 Å². The molecule has 0 aliphatic carbocycles. The summed E-state index contributed by atoms with van der Waals surface area (Å²) >= 11 is 0. The van der Waals surface area contributed by atoms with Crippen molar-refractivity contribution in [2.75, 3.05) is 30.4 Å². The van der Waals surface area contributed by atoms with Crippen molar-refractivity contribution in [3.8, 4) is 0 Å². The molecule has 9 nitrogen and oxygen atoms in total. The normalized spacial score (nSPS) is 14.6. The van der Waals surface area contributed by atoms with Gasteiger partial charge in [0, 0.05) is 18.8 Å². The van der Waals surface area contributed by atoms with Crippen LogP contribution >= 0.6 is 0 Å². The lowest BCUT2D eigenvalue weighted by Crippen LogP contribution is -2.37. The van der Waals surface area contributed by atoms with Crippen LogP contribution in [0.5, 0.6) is 0 Å². The van der Waals surface area contributed by atoms with Crippen molar-refractivity contribution in [1.82, 2.24) is 9.97 Å². The summed E-state index contributed by atoms with van der Waals surface area (Å²) in [4.78, 5) is 33.1. The van der Waals surface area contributed by atoms with E-state index in [1.807, 2.05) is 36.9 Å². The molecule has 0 bridgehead atoms. The fourth-order valence-corrected chi connectivity index (χ4v) is 3.31. The van der Waals surface area contributed by atoms with Crippen molar-refractivity contribution < 1.29 is 14.5 Å². The Morgan fingerprint density at radius 2 is 1.96 bits per heavy atom. The van der Waals surface area contributed by atoms with Crippen LogP contribution in [0.15, 0.2) is 24.5 Å². The van der Waals surface area contributed by atoms with Gasteiger partial charge in [-0.05, 0) is 49.9 Å². The van der Waals surface area contributed by atoms with Crippen LogP contribution in [0, 0.1) is 29.9 Å². The number of nitrogens with zero attached hydrogens (tertiary/aromatic N) is 4. The van der Waals surface area contributed by atoms with Gasteiger partial charge in [-0.2, -0.15) is 0 Å². The summed E-state index contributed by atoms with van der Waals surface area (Å²) in [6.45, 7) is 4.95. The number of aromatic nitrogens is 2. The summed E-state index contributed by atoms with van der Waals surface area (Å²) in [5.41, 5.74) is 2.77.